The van der Waals surface area contributed by atoms with Crippen molar-refractivity contribution in [2.24, 2.45) is 0 Å². The molecule has 3 rings (SSSR count). The summed E-state index contributed by atoms with van der Waals surface area (Å²) in [7, 11) is 0. The van der Waals surface area contributed by atoms with Crippen molar-refractivity contribution >= 4 is 11.6 Å². The Balaban J connectivity index is 1.44. The van der Waals surface area contributed by atoms with Crippen LogP contribution >= 0.6 is 11.6 Å². The van der Waals surface area contributed by atoms with Gasteiger partial charge in [-0.05, 0) is 43.1 Å². The highest BCUT2D eigenvalue weighted by molar-refractivity contribution is 6.30. The van der Waals surface area contributed by atoms with Gasteiger partial charge in [0.05, 0.1) is 6.54 Å². The fourth-order valence-corrected chi connectivity index (χ4v) is 2.51. The third kappa shape index (κ3) is 4.65. The fraction of sp³-hybridized carbons (Fsp3) is 0.222. The molecule has 0 fully saturated rings. The molecule has 0 radical (unpaired) electrons. The number of aryl methyl sites for hydroxylation is 1. The molecule has 0 saturated carbocycles. The summed E-state index contributed by atoms with van der Waals surface area (Å²) in [5.74, 6) is 1.08. The number of nitrogens with one attached hydrogen (secondary N) is 1. The van der Waals surface area contributed by atoms with Crippen LogP contribution in [0.3, 0.4) is 0 Å². The van der Waals surface area contributed by atoms with Crippen LogP contribution < -0.4 is 5.32 Å². The predicted molar refractivity (Wildman–Crippen MR) is 91.2 cm³/mol. The second-order valence-corrected chi connectivity index (χ2v) is 5.71. The molecule has 0 aliphatic carbocycles. The Morgan fingerprint density at radius 3 is 2.70 bits per heavy atom. The second kappa shape index (κ2) is 7.90. The fourth-order valence-electron chi connectivity index (χ4n) is 2.32. The Morgan fingerprint density at radius 1 is 1.00 bits per heavy atom. The number of rotatable bonds is 7. The second-order valence-electron chi connectivity index (χ2n) is 5.28. The van der Waals surface area contributed by atoms with Gasteiger partial charge in [-0.25, -0.2) is 0 Å². The molecule has 0 spiro atoms. The van der Waals surface area contributed by atoms with Crippen LogP contribution in [0.15, 0.2) is 59.0 Å². The van der Waals surface area contributed by atoms with E-state index in [1.807, 2.05) is 30.3 Å². The molecule has 2 aromatic carbocycles. The zero-order valence-electron chi connectivity index (χ0n) is 12.7. The monoisotopic (exact) mass is 327 g/mol. The van der Waals surface area contributed by atoms with E-state index in [4.69, 9.17) is 16.0 Å². The number of nitrogens with zero attached hydrogens (tertiary/aromatic N) is 2. The van der Waals surface area contributed by atoms with Gasteiger partial charge >= 0.3 is 0 Å². The van der Waals surface area contributed by atoms with Gasteiger partial charge in [0.25, 0.3) is 0 Å². The molecule has 0 aliphatic rings. The molecule has 1 N–H and O–H groups in total. The summed E-state index contributed by atoms with van der Waals surface area (Å²) in [4.78, 5) is 0. The number of hydrogen-bond acceptors (Lipinski definition) is 4. The van der Waals surface area contributed by atoms with E-state index in [2.05, 4.69) is 39.8 Å². The highest BCUT2D eigenvalue weighted by Crippen LogP contribution is 2.21. The van der Waals surface area contributed by atoms with Crippen molar-refractivity contribution in [1.29, 1.82) is 0 Å². The first-order chi connectivity index (χ1) is 11.3. The Labute approximate surface area is 140 Å². The largest absolute Gasteiger partial charge is 0.419 e. The molecule has 23 heavy (non-hydrogen) atoms. The van der Waals surface area contributed by atoms with Gasteiger partial charge in [-0.15, -0.1) is 10.2 Å². The zero-order valence-corrected chi connectivity index (χ0v) is 13.5. The van der Waals surface area contributed by atoms with Crippen LogP contribution in [0.1, 0.15) is 17.9 Å². The minimum absolute atomic E-state index is 0.494. The molecule has 3 aromatic rings. The van der Waals surface area contributed by atoms with Gasteiger partial charge in [-0.3, -0.25) is 0 Å². The van der Waals surface area contributed by atoms with E-state index in [1.165, 1.54) is 5.56 Å². The summed E-state index contributed by atoms with van der Waals surface area (Å²) < 4.78 is 5.65. The van der Waals surface area contributed by atoms with Crippen molar-refractivity contribution in [3.63, 3.8) is 0 Å². The summed E-state index contributed by atoms with van der Waals surface area (Å²) in [6, 6.07) is 17.9. The lowest BCUT2D eigenvalue weighted by Crippen LogP contribution is -2.15. The van der Waals surface area contributed by atoms with Crippen molar-refractivity contribution in [1.82, 2.24) is 15.5 Å². The molecule has 0 atom stereocenters. The van der Waals surface area contributed by atoms with Gasteiger partial charge in [0.1, 0.15) is 0 Å². The third-order valence-electron chi connectivity index (χ3n) is 3.48. The molecule has 0 unspecified atom stereocenters. The zero-order chi connectivity index (χ0) is 15.9. The van der Waals surface area contributed by atoms with E-state index in [-0.39, 0.29) is 0 Å². The topological polar surface area (TPSA) is 51.0 Å². The first kappa shape index (κ1) is 15.7. The lowest BCUT2D eigenvalue weighted by Gasteiger charge is -2.02. The van der Waals surface area contributed by atoms with Crippen molar-refractivity contribution in [2.75, 3.05) is 6.54 Å². The van der Waals surface area contributed by atoms with Crippen molar-refractivity contribution in [3.05, 3.63) is 71.1 Å². The smallest absolute Gasteiger partial charge is 0.247 e. The molecule has 1 heterocycles. The number of aromatic nitrogens is 2. The normalized spacial score (nSPS) is 10.8. The molecule has 4 nitrogen and oxygen atoms in total. The molecule has 118 valence electrons. The molecular weight excluding hydrogens is 310 g/mol. The van der Waals surface area contributed by atoms with Crippen LogP contribution in [-0.2, 0) is 13.0 Å². The molecular formula is C18H18ClN3O. The van der Waals surface area contributed by atoms with E-state index in [1.54, 1.807) is 0 Å². The van der Waals surface area contributed by atoms with Crippen molar-refractivity contribution in [3.8, 4) is 11.5 Å². The minimum atomic E-state index is 0.494. The molecule has 0 bridgehead atoms. The standard InChI is InChI=1S/C18H18ClN3O/c19-16-10-4-9-15(12-16)18-22-21-17(23-18)13-20-11-5-8-14-6-2-1-3-7-14/h1-4,6-7,9-10,12,20H,5,8,11,13H2. The number of benzene rings is 2. The van der Waals surface area contributed by atoms with E-state index >= 15 is 0 Å². The Hall–Kier alpha value is -2.17. The Kier molecular flexibility index (Phi) is 5.40. The highest BCUT2D eigenvalue weighted by atomic mass is 35.5. The van der Waals surface area contributed by atoms with E-state index in [9.17, 15) is 0 Å². The number of halogens is 1. The van der Waals surface area contributed by atoms with Gasteiger partial charge in [-0.2, -0.15) is 0 Å². The van der Waals surface area contributed by atoms with Gasteiger partial charge in [0, 0.05) is 10.6 Å². The lowest BCUT2D eigenvalue weighted by molar-refractivity contribution is 0.475. The van der Waals surface area contributed by atoms with Gasteiger partial charge in [0.15, 0.2) is 0 Å². The average Bonchev–Trinajstić information content (AvgIpc) is 3.04. The average molecular weight is 328 g/mol. The summed E-state index contributed by atoms with van der Waals surface area (Å²) in [5, 5.41) is 12.1. The van der Waals surface area contributed by atoms with Crippen LogP contribution in [0, 0.1) is 0 Å². The molecule has 0 aliphatic heterocycles. The maximum atomic E-state index is 5.97. The van der Waals surface area contributed by atoms with Crippen LogP contribution in [0.5, 0.6) is 0 Å². The maximum absolute atomic E-state index is 5.97. The van der Waals surface area contributed by atoms with E-state index in [0.29, 0.717) is 23.3 Å². The SMILES string of the molecule is Clc1cccc(-c2nnc(CNCCCc3ccccc3)o2)c1. The summed E-state index contributed by atoms with van der Waals surface area (Å²) in [5.41, 5.74) is 2.19. The van der Waals surface area contributed by atoms with Gasteiger partial charge in [0.2, 0.25) is 11.8 Å². The van der Waals surface area contributed by atoms with Gasteiger partial charge in [-0.1, -0.05) is 48.0 Å². The minimum Gasteiger partial charge on any atom is -0.419 e. The molecule has 5 heteroatoms. The lowest BCUT2D eigenvalue weighted by atomic mass is 10.1. The molecule has 0 saturated heterocycles. The Bertz CT molecular complexity index is 743. The quantitative estimate of drug-likeness (QED) is 0.663. The van der Waals surface area contributed by atoms with Crippen LogP contribution in [0.4, 0.5) is 0 Å². The summed E-state index contributed by atoms with van der Waals surface area (Å²) in [6.07, 6.45) is 2.13. The van der Waals surface area contributed by atoms with Gasteiger partial charge < -0.3 is 9.73 Å². The van der Waals surface area contributed by atoms with Crippen LogP contribution in [0.25, 0.3) is 11.5 Å². The van der Waals surface area contributed by atoms with Crippen molar-refractivity contribution in [2.45, 2.75) is 19.4 Å². The van der Waals surface area contributed by atoms with Crippen LogP contribution in [0.2, 0.25) is 5.02 Å². The summed E-state index contributed by atoms with van der Waals surface area (Å²) >= 11 is 5.97. The van der Waals surface area contributed by atoms with Crippen molar-refractivity contribution < 1.29 is 4.42 Å². The van der Waals surface area contributed by atoms with Crippen LogP contribution in [-0.4, -0.2) is 16.7 Å². The van der Waals surface area contributed by atoms with E-state index < -0.39 is 0 Å². The summed E-state index contributed by atoms with van der Waals surface area (Å²) in [6.45, 7) is 1.48. The molecule has 0 amide bonds. The highest BCUT2D eigenvalue weighted by Gasteiger charge is 2.08. The first-order valence-electron chi connectivity index (χ1n) is 7.64. The predicted octanol–water partition coefficient (Wildman–Crippen LogP) is 4.11. The maximum Gasteiger partial charge on any atom is 0.247 e. The number of hydrogen-bond donors (Lipinski definition) is 1. The first-order valence-corrected chi connectivity index (χ1v) is 8.02. The van der Waals surface area contributed by atoms with E-state index in [0.717, 1.165) is 24.9 Å². The Morgan fingerprint density at radius 2 is 1.87 bits per heavy atom. The third-order valence-corrected chi connectivity index (χ3v) is 3.71. The molecule has 1 aromatic heterocycles.